The van der Waals surface area contributed by atoms with Crippen LogP contribution in [0.5, 0.6) is 0 Å². The molecule has 8 heteroatoms. The van der Waals surface area contributed by atoms with E-state index < -0.39 is 5.82 Å². The zero-order chi connectivity index (χ0) is 19.7. The fourth-order valence-corrected chi connectivity index (χ4v) is 4.08. The lowest BCUT2D eigenvalue weighted by Gasteiger charge is -2.34. The van der Waals surface area contributed by atoms with Crippen molar-refractivity contribution in [2.45, 2.75) is 33.0 Å². The second kappa shape index (κ2) is 8.19. The van der Waals surface area contributed by atoms with Crippen LogP contribution in [-0.4, -0.2) is 58.3 Å². The van der Waals surface area contributed by atoms with Crippen molar-refractivity contribution in [2.75, 3.05) is 32.8 Å². The number of carbonyl (C=O) groups is 1. The largest absolute Gasteiger partial charge is 0.376 e. The molecule has 1 fully saturated rings. The number of halogens is 2. The second-order valence-corrected chi connectivity index (χ2v) is 7.59. The summed E-state index contributed by atoms with van der Waals surface area (Å²) < 4.78 is 21.1. The molecule has 28 heavy (non-hydrogen) atoms. The van der Waals surface area contributed by atoms with E-state index in [1.807, 2.05) is 0 Å². The minimum absolute atomic E-state index is 0.0250. The maximum Gasteiger partial charge on any atom is 0.253 e. The molecule has 0 radical (unpaired) electrons. The molecule has 1 aromatic carbocycles. The van der Waals surface area contributed by atoms with Gasteiger partial charge in [0.2, 0.25) is 0 Å². The summed E-state index contributed by atoms with van der Waals surface area (Å²) in [6.45, 7) is 7.93. The van der Waals surface area contributed by atoms with Gasteiger partial charge in [-0.2, -0.15) is 5.10 Å². The summed E-state index contributed by atoms with van der Waals surface area (Å²) in [4.78, 5) is 16.8. The first-order valence-corrected chi connectivity index (χ1v) is 10.1. The number of piperazine rings is 1. The first-order valence-electron chi connectivity index (χ1n) is 9.68. The van der Waals surface area contributed by atoms with Crippen molar-refractivity contribution in [3.05, 3.63) is 51.6 Å². The van der Waals surface area contributed by atoms with Crippen LogP contribution in [0.15, 0.2) is 18.2 Å². The van der Waals surface area contributed by atoms with Crippen LogP contribution in [0, 0.1) is 5.82 Å². The molecule has 2 aliphatic rings. The zero-order valence-corrected chi connectivity index (χ0v) is 16.7. The number of carbonyl (C=O) groups excluding carboxylic acids is 1. The fourth-order valence-electron chi connectivity index (χ4n) is 3.90. The smallest absolute Gasteiger partial charge is 0.253 e. The molecule has 0 bridgehead atoms. The number of amides is 1. The summed E-state index contributed by atoms with van der Waals surface area (Å²) in [6, 6.07) is 4.12. The lowest BCUT2D eigenvalue weighted by Crippen LogP contribution is -2.48. The Bertz CT molecular complexity index is 877. The van der Waals surface area contributed by atoms with Crippen molar-refractivity contribution in [2.24, 2.45) is 0 Å². The molecular formula is C20H24ClFN4O2. The zero-order valence-electron chi connectivity index (χ0n) is 16.0. The standard InChI is InChI=1S/C20H24ClFN4O2/c1-2-26-19-5-10-28-13-15(19)18(23-26)12-24-6-8-25(9-7-24)20(27)14-3-4-17(22)16(21)11-14/h3-4,11H,2,5-10,12-13H2,1H3. The Morgan fingerprint density at radius 3 is 2.79 bits per heavy atom. The van der Waals surface area contributed by atoms with Gasteiger partial charge in [0.05, 0.1) is 23.9 Å². The molecule has 0 atom stereocenters. The van der Waals surface area contributed by atoms with E-state index in [9.17, 15) is 9.18 Å². The highest BCUT2D eigenvalue weighted by Crippen LogP contribution is 2.23. The molecule has 1 saturated heterocycles. The van der Waals surface area contributed by atoms with Gasteiger partial charge in [0, 0.05) is 62.5 Å². The topological polar surface area (TPSA) is 50.6 Å². The van der Waals surface area contributed by atoms with Gasteiger partial charge in [-0.15, -0.1) is 0 Å². The first-order chi connectivity index (χ1) is 13.6. The summed E-state index contributed by atoms with van der Waals surface area (Å²) in [5.74, 6) is -0.621. The van der Waals surface area contributed by atoms with E-state index in [1.54, 1.807) is 4.90 Å². The van der Waals surface area contributed by atoms with Crippen LogP contribution < -0.4 is 0 Å². The molecule has 2 aliphatic heterocycles. The number of ether oxygens (including phenoxy) is 1. The number of rotatable bonds is 4. The van der Waals surface area contributed by atoms with Gasteiger partial charge in [-0.3, -0.25) is 14.4 Å². The molecule has 0 N–H and O–H groups in total. The third-order valence-electron chi connectivity index (χ3n) is 5.48. The third kappa shape index (κ3) is 3.79. The lowest BCUT2D eigenvalue weighted by molar-refractivity contribution is 0.0624. The number of hydrogen-bond donors (Lipinski definition) is 0. The summed E-state index contributed by atoms with van der Waals surface area (Å²) in [5, 5.41) is 4.76. The SMILES string of the molecule is CCn1nc(CN2CCN(C(=O)c3ccc(F)c(Cl)c3)CC2)c2c1CCOC2. The van der Waals surface area contributed by atoms with Crippen LogP contribution in [0.1, 0.15) is 34.2 Å². The van der Waals surface area contributed by atoms with Crippen molar-refractivity contribution in [3.63, 3.8) is 0 Å². The van der Waals surface area contributed by atoms with E-state index in [0.29, 0.717) is 25.3 Å². The molecule has 0 spiro atoms. The van der Waals surface area contributed by atoms with Crippen molar-refractivity contribution in [1.82, 2.24) is 19.6 Å². The minimum Gasteiger partial charge on any atom is -0.376 e. The quantitative estimate of drug-likeness (QED) is 0.783. The first kappa shape index (κ1) is 19.4. The number of aromatic nitrogens is 2. The molecule has 4 rings (SSSR count). The van der Waals surface area contributed by atoms with Gasteiger partial charge in [-0.1, -0.05) is 11.6 Å². The van der Waals surface area contributed by atoms with E-state index in [4.69, 9.17) is 21.4 Å². The predicted octanol–water partition coefficient (Wildman–Crippen LogP) is 2.73. The summed E-state index contributed by atoms with van der Waals surface area (Å²) >= 11 is 5.81. The van der Waals surface area contributed by atoms with E-state index in [2.05, 4.69) is 16.5 Å². The number of benzene rings is 1. The summed E-state index contributed by atoms with van der Waals surface area (Å²) in [7, 11) is 0. The molecule has 0 unspecified atom stereocenters. The molecule has 150 valence electrons. The number of aryl methyl sites for hydroxylation is 1. The van der Waals surface area contributed by atoms with Crippen LogP contribution in [0.25, 0.3) is 0 Å². The van der Waals surface area contributed by atoms with Gasteiger partial charge in [0.1, 0.15) is 5.82 Å². The van der Waals surface area contributed by atoms with E-state index >= 15 is 0 Å². The highest BCUT2D eigenvalue weighted by Gasteiger charge is 2.26. The molecule has 0 saturated carbocycles. The Morgan fingerprint density at radius 1 is 1.29 bits per heavy atom. The van der Waals surface area contributed by atoms with E-state index in [0.717, 1.165) is 44.9 Å². The molecular weight excluding hydrogens is 383 g/mol. The Hall–Kier alpha value is -1.96. The van der Waals surface area contributed by atoms with E-state index in [-0.39, 0.29) is 10.9 Å². The minimum atomic E-state index is -0.512. The number of hydrogen-bond acceptors (Lipinski definition) is 4. The van der Waals surface area contributed by atoms with Gasteiger partial charge in [0.15, 0.2) is 0 Å². The number of fused-ring (bicyclic) bond motifs is 1. The highest BCUT2D eigenvalue weighted by atomic mass is 35.5. The van der Waals surface area contributed by atoms with Crippen molar-refractivity contribution in [3.8, 4) is 0 Å². The second-order valence-electron chi connectivity index (χ2n) is 7.19. The molecule has 1 amide bonds. The average Bonchev–Trinajstić information content (AvgIpc) is 3.08. The maximum atomic E-state index is 13.3. The highest BCUT2D eigenvalue weighted by molar-refractivity contribution is 6.31. The molecule has 0 aliphatic carbocycles. The predicted molar refractivity (Wildman–Crippen MR) is 104 cm³/mol. The van der Waals surface area contributed by atoms with Gasteiger partial charge < -0.3 is 9.64 Å². The van der Waals surface area contributed by atoms with Gasteiger partial charge in [0.25, 0.3) is 5.91 Å². The maximum absolute atomic E-state index is 13.3. The van der Waals surface area contributed by atoms with Crippen LogP contribution in [0.3, 0.4) is 0 Å². The monoisotopic (exact) mass is 406 g/mol. The van der Waals surface area contributed by atoms with Crippen LogP contribution in [0.2, 0.25) is 5.02 Å². The van der Waals surface area contributed by atoms with Crippen molar-refractivity contribution >= 4 is 17.5 Å². The van der Waals surface area contributed by atoms with Gasteiger partial charge in [-0.25, -0.2) is 4.39 Å². The lowest BCUT2D eigenvalue weighted by atomic mass is 10.1. The summed E-state index contributed by atoms with van der Waals surface area (Å²) in [6.07, 6.45) is 0.915. The fraction of sp³-hybridized carbons (Fsp3) is 0.500. The number of nitrogens with zero attached hydrogens (tertiary/aromatic N) is 4. The van der Waals surface area contributed by atoms with Crippen LogP contribution in [0.4, 0.5) is 4.39 Å². The van der Waals surface area contributed by atoms with Crippen LogP contribution in [-0.2, 0) is 30.9 Å². The average molecular weight is 407 g/mol. The molecule has 6 nitrogen and oxygen atoms in total. The normalized spacial score (nSPS) is 17.6. The Kier molecular flexibility index (Phi) is 5.66. The van der Waals surface area contributed by atoms with E-state index in [1.165, 1.54) is 29.5 Å². The molecule has 1 aromatic heterocycles. The summed E-state index contributed by atoms with van der Waals surface area (Å²) in [5.41, 5.74) is 4.03. The van der Waals surface area contributed by atoms with Crippen molar-refractivity contribution in [1.29, 1.82) is 0 Å². The third-order valence-corrected chi connectivity index (χ3v) is 5.77. The molecule has 2 aromatic rings. The van der Waals surface area contributed by atoms with Gasteiger partial charge >= 0.3 is 0 Å². The van der Waals surface area contributed by atoms with Crippen LogP contribution >= 0.6 is 11.6 Å². The Balaban J connectivity index is 1.39. The Labute approximate surface area is 168 Å². The molecule has 3 heterocycles. The Morgan fingerprint density at radius 2 is 2.07 bits per heavy atom. The van der Waals surface area contributed by atoms with Crippen molar-refractivity contribution < 1.29 is 13.9 Å². The van der Waals surface area contributed by atoms with Gasteiger partial charge in [-0.05, 0) is 25.1 Å².